The first-order valence-corrected chi connectivity index (χ1v) is 10.0. The summed E-state index contributed by atoms with van der Waals surface area (Å²) in [6.45, 7) is 0.510. The maximum atomic E-state index is 15.1. The number of alkyl halides is 3. The molecule has 170 valence electrons. The summed E-state index contributed by atoms with van der Waals surface area (Å²) in [6, 6.07) is 11.0. The Kier molecular flexibility index (Phi) is 5.38. The van der Waals surface area contributed by atoms with E-state index in [1.807, 2.05) is 6.07 Å². The van der Waals surface area contributed by atoms with Crippen LogP contribution in [0, 0.1) is 11.3 Å². The molecule has 0 bridgehead atoms. The summed E-state index contributed by atoms with van der Waals surface area (Å²) in [5.41, 5.74) is -1.90. The summed E-state index contributed by atoms with van der Waals surface area (Å²) in [7, 11) is 1.70. The Bertz CT molecular complexity index is 1410. The van der Waals surface area contributed by atoms with Crippen LogP contribution in [0.2, 0.25) is 0 Å². The Hall–Kier alpha value is -3.84. The number of rotatable bonds is 6. The van der Waals surface area contributed by atoms with Crippen molar-refractivity contribution >= 4 is 27.9 Å². The van der Waals surface area contributed by atoms with Gasteiger partial charge in [-0.3, -0.25) is 0 Å². The Balaban J connectivity index is 2.14. The monoisotopic (exact) mass is 456 g/mol. The first-order valence-electron chi connectivity index (χ1n) is 10.0. The van der Waals surface area contributed by atoms with E-state index in [0.29, 0.717) is 11.1 Å². The largest absolute Gasteiger partial charge is 0.480 e. The summed E-state index contributed by atoms with van der Waals surface area (Å²) >= 11 is 0. The number of carbonyl (C=O) groups is 1. The highest BCUT2D eigenvalue weighted by atomic mass is 19.4. The zero-order chi connectivity index (χ0) is 24.0. The summed E-state index contributed by atoms with van der Waals surface area (Å²) in [5, 5.41) is 18.6. The molecule has 4 rings (SSSR count). The van der Waals surface area contributed by atoms with Gasteiger partial charge < -0.3 is 19.4 Å². The number of fused-ring (bicyclic) bond motifs is 2. The standard InChI is InChI=1S/C23H19F3N4O3/c1-3-14-5-7-18-15(8-9-30(18)2)20(14)22(23(24,25)26,33-12-19(31)32)21-28-16-6-4-13(11-27)10-17(16)29-21/h4-10H,3,12H2,1-2H3,(H,28,29)(H,31,32). The highest BCUT2D eigenvalue weighted by Gasteiger charge is 2.62. The number of ether oxygens (including phenoxy) is 1. The van der Waals surface area contributed by atoms with E-state index in [-0.39, 0.29) is 34.0 Å². The summed E-state index contributed by atoms with van der Waals surface area (Å²) in [5.74, 6) is -2.16. The third kappa shape index (κ3) is 3.50. The van der Waals surface area contributed by atoms with Gasteiger partial charge in [0, 0.05) is 29.7 Å². The fraction of sp³-hybridized carbons (Fsp3) is 0.261. The summed E-state index contributed by atoms with van der Waals surface area (Å²) in [6.07, 6.45) is -3.21. The lowest BCUT2D eigenvalue weighted by Gasteiger charge is -2.36. The highest BCUT2D eigenvalue weighted by Crippen LogP contribution is 2.50. The molecule has 1 unspecified atom stereocenters. The van der Waals surface area contributed by atoms with E-state index in [9.17, 15) is 9.90 Å². The van der Waals surface area contributed by atoms with Crippen LogP contribution in [0.25, 0.3) is 21.9 Å². The van der Waals surface area contributed by atoms with E-state index >= 15 is 13.2 Å². The Labute approximate surface area is 186 Å². The maximum Gasteiger partial charge on any atom is 0.429 e. The van der Waals surface area contributed by atoms with Crippen molar-refractivity contribution in [3.63, 3.8) is 0 Å². The molecule has 2 aromatic heterocycles. The molecule has 0 amide bonds. The molecule has 2 N–H and O–H groups in total. The van der Waals surface area contributed by atoms with Crippen molar-refractivity contribution in [3.8, 4) is 6.07 Å². The third-order valence-electron chi connectivity index (χ3n) is 5.64. The summed E-state index contributed by atoms with van der Waals surface area (Å²) < 4.78 is 52.2. The number of carboxylic acid groups (broad SMARTS) is 1. The topological polar surface area (TPSA) is 104 Å². The number of nitriles is 1. The number of aromatic amines is 1. The van der Waals surface area contributed by atoms with Crippen molar-refractivity contribution in [1.29, 1.82) is 5.26 Å². The van der Waals surface area contributed by atoms with Gasteiger partial charge in [-0.15, -0.1) is 0 Å². The van der Waals surface area contributed by atoms with Crippen molar-refractivity contribution in [2.24, 2.45) is 7.05 Å². The minimum atomic E-state index is -5.08. The van der Waals surface area contributed by atoms with Crippen LogP contribution < -0.4 is 0 Å². The average Bonchev–Trinajstić information content (AvgIpc) is 3.36. The minimum absolute atomic E-state index is 0.190. The van der Waals surface area contributed by atoms with Crippen molar-refractivity contribution < 1.29 is 27.8 Å². The molecule has 4 aromatic rings. The number of halogens is 3. The van der Waals surface area contributed by atoms with Gasteiger partial charge in [-0.25, -0.2) is 9.78 Å². The number of hydrogen-bond acceptors (Lipinski definition) is 4. The molecular formula is C23H19F3N4O3. The number of aryl methyl sites for hydroxylation is 2. The number of H-pyrrole nitrogens is 1. The minimum Gasteiger partial charge on any atom is -0.480 e. The van der Waals surface area contributed by atoms with E-state index in [4.69, 9.17) is 10.00 Å². The molecule has 10 heteroatoms. The van der Waals surface area contributed by atoms with Crippen LogP contribution in [0.5, 0.6) is 0 Å². The molecule has 0 radical (unpaired) electrons. The second kappa shape index (κ2) is 7.94. The molecule has 0 fully saturated rings. The normalized spacial score (nSPS) is 13.8. The molecule has 2 aromatic carbocycles. The van der Waals surface area contributed by atoms with Crippen molar-refractivity contribution in [2.75, 3.05) is 6.61 Å². The number of benzene rings is 2. The molecule has 1 atom stereocenters. The third-order valence-corrected chi connectivity index (χ3v) is 5.64. The SMILES string of the molecule is CCc1ccc2c(ccn2C)c1C(OCC(=O)O)(c1nc2ccc(C#N)cc2[nH]1)C(F)(F)F. The van der Waals surface area contributed by atoms with Gasteiger partial charge in [0.15, 0.2) is 5.82 Å². The van der Waals surface area contributed by atoms with Gasteiger partial charge in [-0.2, -0.15) is 18.4 Å². The number of imidazole rings is 1. The van der Waals surface area contributed by atoms with Crippen LogP contribution in [-0.2, 0) is 28.6 Å². The van der Waals surface area contributed by atoms with Crippen LogP contribution in [0.4, 0.5) is 13.2 Å². The molecule has 7 nitrogen and oxygen atoms in total. The maximum absolute atomic E-state index is 15.1. The lowest BCUT2D eigenvalue weighted by Crippen LogP contribution is -2.48. The van der Waals surface area contributed by atoms with Gasteiger partial charge in [0.05, 0.1) is 22.7 Å². The van der Waals surface area contributed by atoms with Gasteiger partial charge in [0.2, 0.25) is 5.60 Å². The van der Waals surface area contributed by atoms with Gasteiger partial charge >= 0.3 is 12.1 Å². The van der Waals surface area contributed by atoms with E-state index in [2.05, 4.69) is 9.97 Å². The van der Waals surface area contributed by atoms with E-state index in [1.54, 1.807) is 42.9 Å². The molecule has 0 saturated heterocycles. The number of hydrogen-bond donors (Lipinski definition) is 2. The molecular weight excluding hydrogens is 437 g/mol. The van der Waals surface area contributed by atoms with Crippen molar-refractivity contribution in [2.45, 2.75) is 25.1 Å². The first-order chi connectivity index (χ1) is 15.6. The van der Waals surface area contributed by atoms with Gasteiger partial charge in [0.1, 0.15) is 6.61 Å². The molecule has 0 aliphatic rings. The summed E-state index contributed by atoms with van der Waals surface area (Å²) in [4.78, 5) is 18.2. The quantitative estimate of drug-likeness (QED) is 0.448. The fourth-order valence-corrected chi connectivity index (χ4v) is 4.14. The van der Waals surface area contributed by atoms with Gasteiger partial charge in [0.25, 0.3) is 0 Å². The van der Waals surface area contributed by atoms with Crippen LogP contribution in [0.15, 0.2) is 42.6 Å². The zero-order valence-electron chi connectivity index (χ0n) is 17.7. The van der Waals surface area contributed by atoms with Crippen LogP contribution >= 0.6 is 0 Å². The first kappa shape index (κ1) is 22.4. The predicted molar refractivity (Wildman–Crippen MR) is 114 cm³/mol. The zero-order valence-corrected chi connectivity index (χ0v) is 17.7. The molecule has 0 aliphatic heterocycles. The smallest absolute Gasteiger partial charge is 0.429 e. The Morgan fingerprint density at radius 2 is 2.03 bits per heavy atom. The highest BCUT2D eigenvalue weighted by molar-refractivity contribution is 5.87. The average molecular weight is 456 g/mol. The van der Waals surface area contributed by atoms with Crippen molar-refractivity contribution in [3.05, 3.63) is 65.1 Å². The molecule has 0 spiro atoms. The lowest BCUT2D eigenvalue weighted by molar-refractivity contribution is -0.268. The Morgan fingerprint density at radius 1 is 1.27 bits per heavy atom. The van der Waals surface area contributed by atoms with E-state index in [0.717, 1.165) is 0 Å². The fourth-order valence-electron chi connectivity index (χ4n) is 4.14. The van der Waals surface area contributed by atoms with Gasteiger partial charge in [-0.1, -0.05) is 13.0 Å². The van der Waals surface area contributed by atoms with Gasteiger partial charge in [-0.05, 0) is 42.3 Å². The molecule has 2 heterocycles. The van der Waals surface area contributed by atoms with Crippen LogP contribution in [0.3, 0.4) is 0 Å². The molecule has 0 aliphatic carbocycles. The second-order valence-corrected chi connectivity index (χ2v) is 7.60. The van der Waals surface area contributed by atoms with E-state index in [1.165, 1.54) is 18.2 Å². The second-order valence-electron chi connectivity index (χ2n) is 7.60. The Morgan fingerprint density at radius 3 is 2.67 bits per heavy atom. The number of aromatic nitrogens is 3. The lowest BCUT2D eigenvalue weighted by atomic mass is 9.84. The number of carboxylic acids is 1. The predicted octanol–water partition coefficient (Wildman–Crippen LogP) is 4.40. The molecule has 0 saturated carbocycles. The van der Waals surface area contributed by atoms with Crippen LogP contribution in [0.1, 0.15) is 29.4 Å². The number of nitrogens with one attached hydrogen (secondary N) is 1. The van der Waals surface area contributed by atoms with Crippen LogP contribution in [-0.4, -0.2) is 38.4 Å². The number of nitrogens with zero attached hydrogens (tertiary/aromatic N) is 3. The molecule has 33 heavy (non-hydrogen) atoms. The van der Waals surface area contributed by atoms with E-state index < -0.39 is 30.2 Å². The van der Waals surface area contributed by atoms with Crippen molar-refractivity contribution in [1.82, 2.24) is 14.5 Å². The number of aliphatic carboxylic acids is 1.